The minimum atomic E-state index is 0.437. The quantitative estimate of drug-likeness (QED) is 0.780. The first-order valence-corrected chi connectivity index (χ1v) is 5.36. The van der Waals surface area contributed by atoms with E-state index in [4.69, 9.17) is 0 Å². The molecule has 1 unspecified atom stereocenters. The molecule has 0 radical (unpaired) electrons. The van der Waals surface area contributed by atoms with Gasteiger partial charge in [0.15, 0.2) is 0 Å². The van der Waals surface area contributed by atoms with E-state index in [1.807, 2.05) is 17.9 Å². The highest BCUT2D eigenvalue weighted by Crippen LogP contribution is 2.19. The van der Waals surface area contributed by atoms with E-state index in [1.165, 1.54) is 5.69 Å². The van der Waals surface area contributed by atoms with E-state index < -0.39 is 0 Å². The van der Waals surface area contributed by atoms with Gasteiger partial charge >= 0.3 is 0 Å². The van der Waals surface area contributed by atoms with E-state index in [0.29, 0.717) is 12.0 Å². The molecule has 0 saturated heterocycles. The summed E-state index contributed by atoms with van der Waals surface area (Å²) < 4.78 is 1.95. The number of hydrogen-bond donors (Lipinski definition) is 1. The molecule has 3 heteroatoms. The van der Waals surface area contributed by atoms with Crippen molar-refractivity contribution in [3.05, 3.63) is 18.0 Å². The van der Waals surface area contributed by atoms with Gasteiger partial charge in [-0.2, -0.15) is 5.10 Å². The standard InChI is InChI=1S/C11H21N3/c1-5-12-10(8-9(2)3)11-6-7-13-14(11)4/h6-7,9-10,12H,5,8H2,1-4H3. The predicted octanol–water partition coefficient (Wildman–Crippen LogP) is 2.12. The fraction of sp³-hybridized carbons (Fsp3) is 0.727. The van der Waals surface area contributed by atoms with Crippen molar-refractivity contribution >= 4 is 0 Å². The maximum Gasteiger partial charge on any atom is 0.0550 e. The molecule has 1 N–H and O–H groups in total. The molecule has 1 heterocycles. The maximum absolute atomic E-state index is 4.20. The second-order valence-electron chi connectivity index (χ2n) is 4.12. The molecule has 0 saturated carbocycles. The van der Waals surface area contributed by atoms with Gasteiger partial charge in [0.2, 0.25) is 0 Å². The first kappa shape index (κ1) is 11.2. The third-order valence-corrected chi connectivity index (χ3v) is 2.37. The highest BCUT2D eigenvalue weighted by molar-refractivity contribution is 5.06. The largest absolute Gasteiger partial charge is 0.309 e. The molecule has 3 nitrogen and oxygen atoms in total. The summed E-state index contributed by atoms with van der Waals surface area (Å²) in [6.07, 6.45) is 3.02. The summed E-state index contributed by atoms with van der Waals surface area (Å²) in [5.41, 5.74) is 1.28. The lowest BCUT2D eigenvalue weighted by molar-refractivity contribution is 0.417. The van der Waals surface area contributed by atoms with Crippen LogP contribution in [0.4, 0.5) is 0 Å². The van der Waals surface area contributed by atoms with Gasteiger partial charge in [0.25, 0.3) is 0 Å². The van der Waals surface area contributed by atoms with Gasteiger partial charge in [-0.05, 0) is 24.9 Å². The summed E-state index contributed by atoms with van der Waals surface area (Å²) >= 11 is 0. The molecule has 0 aromatic carbocycles. The predicted molar refractivity (Wildman–Crippen MR) is 59.1 cm³/mol. The van der Waals surface area contributed by atoms with Gasteiger partial charge in [-0.25, -0.2) is 0 Å². The van der Waals surface area contributed by atoms with E-state index in [2.05, 4.69) is 37.3 Å². The Labute approximate surface area is 86.5 Å². The molecule has 0 bridgehead atoms. The van der Waals surface area contributed by atoms with Crippen LogP contribution in [0.25, 0.3) is 0 Å². The van der Waals surface area contributed by atoms with Crippen LogP contribution in [-0.4, -0.2) is 16.3 Å². The van der Waals surface area contributed by atoms with Crippen molar-refractivity contribution in [2.45, 2.75) is 33.2 Å². The van der Waals surface area contributed by atoms with E-state index in [9.17, 15) is 0 Å². The smallest absolute Gasteiger partial charge is 0.0550 e. The second-order valence-corrected chi connectivity index (χ2v) is 4.12. The van der Waals surface area contributed by atoms with Gasteiger partial charge in [-0.3, -0.25) is 4.68 Å². The molecule has 0 aliphatic heterocycles. The summed E-state index contributed by atoms with van der Waals surface area (Å²) in [5.74, 6) is 0.703. The molecule has 80 valence electrons. The fourth-order valence-corrected chi connectivity index (χ4v) is 1.75. The zero-order valence-corrected chi connectivity index (χ0v) is 9.62. The topological polar surface area (TPSA) is 29.9 Å². The Morgan fingerprint density at radius 3 is 2.64 bits per heavy atom. The molecular weight excluding hydrogens is 174 g/mol. The summed E-state index contributed by atoms with van der Waals surface area (Å²) in [5, 5.41) is 7.70. The second kappa shape index (κ2) is 5.15. The summed E-state index contributed by atoms with van der Waals surface area (Å²) in [7, 11) is 2.00. The van der Waals surface area contributed by atoms with Crippen LogP contribution in [-0.2, 0) is 7.05 Å². The van der Waals surface area contributed by atoms with Gasteiger partial charge in [0, 0.05) is 19.3 Å². The van der Waals surface area contributed by atoms with Crippen LogP contribution in [0.2, 0.25) is 0 Å². The molecule has 0 aliphatic rings. The van der Waals surface area contributed by atoms with Crippen LogP contribution in [0, 0.1) is 5.92 Å². The number of aromatic nitrogens is 2. The highest BCUT2D eigenvalue weighted by atomic mass is 15.3. The minimum absolute atomic E-state index is 0.437. The number of nitrogens with zero attached hydrogens (tertiary/aromatic N) is 2. The van der Waals surface area contributed by atoms with Crippen molar-refractivity contribution in [2.24, 2.45) is 13.0 Å². The van der Waals surface area contributed by atoms with Crippen LogP contribution in [0.5, 0.6) is 0 Å². The first-order chi connectivity index (χ1) is 6.65. The van der Waals surface area contributed by atoms with Crippen LogP contribution in [0.1, 0.15) is 38.9 Å². The number of aryl methyl sites for hydroxylation is 1. The summed E-state index contributed by atoms with van der Waals surface area (Å²) in [6, 6.07) is 2.53. The van der Waals surface area contributed by atoms with Gasteiger partial charge < -0.3 is 5.32 Å². The average Bonchev–Trinajstić information content (AvgIpc) is 2.50. The third-order valence-electron chi connectivity index (χ3n) is 2.37. The van der Waals surface area contributed by atoms with E-state index in [-0.39, 0.29) is 0 Å². The lowest BCUT2D eigenvalue weighted by Crippen LogP contribution is -2.24. The Bertz CT molecular complexity index is 265. The van der Waals surface area contributed by atoms with Gasteiger partial charge in [-0.15, -0.1) is 0 Å². The van der Waals surface area contributed by atoms with Crippen molar-refractivity contribution in [3.8, 4) is 0 Å². The van der Waals surface area contributed by atoms with Crippen LogP contribution < -0.4 is 5.32 Å². The molecule has 1 rings (SSSR count). The van der Waals surface area contributed by atoms with Crippen LogP contribution >= 0.6 is 0 Å². The Kier molecular flexibility index (Phi) is 4.14. The lowest BCUT2D eigenvalue weighted by Gasteiger charge is -2.19. The molecule has 14 heavy (non-hydrogen) atoms. The van der Waals surface area contributed by atoms with E-state index >= 15 is 0 Å². The maximum atomic E-state index is 4.20. The van der Waals surface area contributed by atoms with Gasteiger partial charge in [0.05, 0.1) is 5.69 Å². The molecule has 1 aromatic rings. The SMILES string of the molecule is CCNC(CC(C)C)c1ccnn1C. The molecule has 0 fully saturated rings. The zero-order chi connectivity index (χ0) is 10.6. The van der Waals surface area contributed by atoms with Crippen molar-refractivity contribution in [3.63, 3.8) is 0 Å². The highest BCUT2D eigenvalue weighted by Gasteiger charge is 2.14. The third kappa shape index (κ3) is 2.84. The minimum Gasteiger partial charge on any atom is -0.309 e. The molecule has 1 aromatic heterocycles. The molecule has 0 amide bonds. The average molecular weight is 195 g/mol. The number of rotatable bonds is 5. The van der Waals surface area contributed by atoms with Crippen molar-refractivity contribution in [1.82, 2.24) is 15.1 Å². The molecule has 1 atom stereocenters. The number of nitrogens with one attached hydrogen (secondary N) is 1. The normalized spacial score (nSPS) is 13.5. The van der Waals surface area contributed by atoms with Crippen molar-refractivity contribution < 1.29 is 0 Å². The fourth-order valence-electron chi connectivity index (χ4n) is 1.75. The Balaban J connectivity index is 2.72. The summed E-state index contributed by atoms with van der Waals surface area (Å²) in [6.45, 7) is 7.65. The summed E-state index contributed by atoms with van der Waals surface area (Å²) in [4.78, 5) is 0. The van der Waals surface area contributed by atoms with Crippen molar-refractivity contribution in [2.75, 3.05) is 6.54 Å². The van der Waals surface area contributed by atoms with Crippen LogP contribution in [0.3, 0.4) is 0 Å². The van der Waals surface area contributed by atoms with Crippen molar-refractivity contribution in [1.29, 1.82) is 0 Å². The Morgan fingerprint density at radius 1 is 1.50 bits per heavy atom. The Hall–Kier alpha value is -0.830. The molecule has 0 spiro atoms. The molecular formula is C11H21N3. The zero-order valence-electron chi connectivity index (χ0n) is 9.62. The Morgan fingerprint density at radius 2 is 2.21 bits per heavy atom. The number of hydrogen-bond acceptors (Lipinski definition) is 2. The van der Waals surface area contributed by atoms with Gasteiger partial charge in [-0.1, -0.05) is 20.8 Å². The van der Waals surface area contributed by atoms with E-state index in [0.717, 1.165) is 13.0 Å². The van der Waals surface area contributed by atoms with E-state index in [1.54, 1.807) is 0 Å². The first-order valence-electron chi connectivity index (χ1n) is 5.36. The lowest BCUT2D eigenvalue weighted by atomic mass is 10.0. The molecule has 0 aliphatic carbocycles. The van der Waals surface area contributed by atoms with Gasteiger partial charge in [0.1, 0.15) is 0 Å². The van der Waals surface area contributed by atoms with Crippen LogP contribution in [0.15, 0.2) is 12.3 Å². The monoisotopic (exact) mass is 195 g/mol.